The predicted octanol–water partition coefficient (Wildman–Crippen LogP) is 7.13. The zero-order valence-corrected chi connectivity index (χ0v) is 20.2. The zero-order chi connectivity index (χ0) is 25.7. The summed E-state index contributed by atoms with van der Waals surface area (Å²) in [5, 5.41) is 14.6. The van der Waals surface area contributed by atoms with E-state index in [4.69, 9.17) is 41.8 Å². The quantitative estimate of drug-likeness (QED) is 0.181. The molecule has 0 bridgehead atoms. The second-order valence-electron chi connectivity index (χ2n) is 7.34. The van der Waals surface area contributed by atoms with E-state index in [1.807, 2.05) is 0 Å². The molecule has 1 heterocycles. The lowest BCUT2D eigenvalue weighted by molar-refractivity contribution is -0.384. The largest absolute Gasteiger partial charge is 0.497 e. The SMILES string of the molecule is COc1cccc(OCc2ccc(C(=O)Nc3cc(Oc4ccc(Cl)cc4Cl)cc([N+](=O)[O-])c3)o2)c1. The molecule has 184 valence electrons. The number of hydrogen-bond donors (Lipinski definition) is 1. The fraction of sp³-hybridized carbons (Fsp3) is 0.0800. The molecule has 0 spiro atoms. The molecule has 36 heavy (non-hydrogen) atoms. The summed E-state index contributed by atoms with van der Waals surface area (Å²) in [6.45, 7) is 0.0805. The van der Waals surface area contributed by atoms with Crippen molar-refractivity contribution in [3.05, 3.63) is 104 Å². The number of carbonyl (C=O) groups is 1. The molecule has 9 nitrogen and oxygen atoms in total. The molecule has 0 radical (unpaired) electrons. The third kappa shape index (κ3) is 6.26. The zero-order valence-electron chi connectivity index (χ0n) is 18.7. The van der Waals surface area contributed by atoms with E-state index in [9.17, 15) is 14.9 Å². The molecule has 0 unspecified atom stereocenters. The van der Waals surface area contributed by atoms with Gasteiger partial charge in [0.1, 0.15) is 35.4 Å². The Morgan fingerprint density at radius 2 is 1.81 bits per heavy atom. The standard InChI is InChI=1S/C25H18Cl2N2O7/c1-33-18-3-2-4-19(13-18)34-14-20-6-8-24(35-20)25(30)28-16-10-17(29(31)32)12-21(11-16)36-23-7-5-15(26)9-22(23)27/h2-13H,14H2,1H3,(H,28,30). The van der Waals surface area contributed by atoms with Crippen LogP contribution in [0.2, 0.25) is 10.0 Å². The smallest absolute Gasteiger partial charge is 0.291 e. The van der Waals surface area contributed by atoms with Gasteiger partial charge in [-0.2, -0.15) is 0 Å². The molecular formula is C25H18Cl2N2O7. The van der Waals surface area contributed by atoms with Gasteiger partial charge in [-0.15, -0.1) is 0 Å². The van der Waals surface area contributed by atoms with Crippen LogP contribution < -0.4 is 19.5 Å². The van der Waals surface area contributed by atoms with Crippen LogP contribution in [-0.2, 0) is 6.61 Å². The van der Waals surface area contributed by atoms with Crippen LogP contribution in [0.5, 0.6) is 23.0 Å². The fourth-order valence-corrected chi connectivity index (χ4v) is 3.57. The first-order chi connectivity index (χ1) is 17.3. The number of carbonyl (C=O) groups excluding carboxylic acids is 1. The van der Waals surface area contributed by atoms with Crippen LogP contribution >= 0.6 is 23.2 Å². The summed E-state index contributed by atoms with van der Waals surface area (Å²) in [6, 6.07) is 18.5. The van der Waals surface area contributed by atoms with E-state index in [0.29, 0.717) is 22.3 Å². The number of non-ortho nitro benzene ring substituents is 1. The van der Waals surface area contributed by atoms with Crippen LogP contribution in [0, 0.1) is 10.1 Å². The highest BCUT2D eigenvalue weighted by molar-refractivity contribution is 6.35. The number of rotatable bonds is 9. The number of nitro groups is 1. The number of nitrogens with zero attached hydrogens (tertiary/aromatic N) is 1. The third-order valence-electron chi connectivity index (χ3n) is 4.79. The Balaban J connectivity index is 1.47. The van der Waals surface area contributed by atoms with Crippen LogP contribution in [0.1, 0.15) is 16.3 Å². The summed E-state index contributed by atoms with van der Waals surface area (Å²) >= 11 is 12.0. The summed E-state index contributed by atoms with van der Waals surface area (Å²) in [5.41, 5.74) is -0.167. The minimum atomic E-state index is -0.612. The predicted molar refractivity (Wildman–Crippen MR) is 134 cm³/mol. The Hall–Kier alpha value is -4.21. The first-order valence-electron chi connectivity index (χ1n) is 10.4. The Kier molecular flexibility index (Phi) is 7.62. The van der Waals surface area contributed by atoms with Gasteiger partial charge in [0.15, 0.2) is 5.76 Å². The molecule has 0 saturated heterocycles. The van der Waals surface area contributed by atoms with E-state index in [2.05, 4.69) is 5.32 Å². The maximum atomic E-state index is 12.7. The molecule has 0 fully saturated rings. The van der Waals surface area contributed by atoms with Gasteiger partial charge >= 0.3 is 0 Å². The van der Waals surface area contributed by atoms with E-state index in [0.717, 1.165) is 0 Å². The normalized spacial score (nSPS) is 10.5. The molecule has 0 saturated carbocycles. The molecule has 0 aliphatic heterocycles. The highest BCUT2D eigenvalue weighted by Crippen LogP contribution is 2.34. The summed E-state index contributed by atoms with van der Waals surface area (Å²) in [6.07, 6.45) is 0. The van der Waals surface area contributed by atoms with Gasteiger partial charge < -0.3 is 23.9 Å². The number of halogens is 2. The Labute approximate surface area is 215 Å². The van der Waals surface area contributed by atoms with E-state index in [-0.39, 0.29) is 40.3 Å². The van der Waals surface area contributed by atoms with Crippen molar-refractivity contribution in [2.75, 3.05) is 12.4 Å². The topological polar surface area (TPSA) is 113 Å². The molecule has 1 N–H and O–H groups in total. The average Bonchev–Trinajstić information content (AvgIpc) is 3.34. The van der Waals surface area contributed by atoms with Crippen LogP contribution in [0.15, 0.2) is 77.2 Å². The molecule has 1 amide bonds. The van der Waals surface area contributed by atoms with Crippen LogP contribution in [0.4, 0.5) is 11.4 Å². The van der Waals surface area contributed by atoms with E-state index in [1.165, 1.54) is 36.4 Å². The number of anilines is 1. The van der Waals surface area contributed by atoms with Crippen molar-refractivity contribution < 1.29 is 28.3 Å². The maximum absolute atomic E-state index is 12.7. The molecule has 0 atom stereocenters. The van der Waals surface area contributed by atoms with Gasteiger partial charge in [-0.1, -0.05) is 29.3 Å². The maximum Gasteiger partial charge on any atom is 0.291 e. The number of benzene rings is 3. The number of methoxy groups -OCH3 is 1. The number of nitro benzene ring substituents is 1. The van der Waals surface area contributed by atoms with Gasteiger partial charge in [0.05, 0.1) is 28.8 Å². The van der Waals surface area contributed by atoms with Crippen molar-refractivity contribution in [2.24, 2.45) is 0 Å². The van der Waals surface area contributed by atoms with Crippen LogP contribution in [0.3, 0.4) is 0 Å². The molecule has 0 aliphatic carbocycles. The minimum absolute atomic E-state index is 0.00559. The van der Waals surface area contributed by atoms with Gasteiger partial charge in [0.2, 0.25) is 0 Å². The van der Waals surface area contributed by atoms with Gasteiger partial charge in [0, 0.05) is 23.2 Å². The second kappa shape index (κ2) is 11.0. The van der Waals surface area contributed by atoms with E-state index < -0.39 is 10.8 Å². The van der Waals surface area contributed by atoms with Gasteiger partial charge in [0.25, 0.3) is 11.6 Å². The number of hydrogen-bond acceptors (Lipinski definition) is 7. The monoisotopic (exact) mass is 528 g/mol. The number of amides is 1. The highest BCUT2D eigenvalue weighted by atomic mass is 35.5. The number of nitrogens with one attached hydrogen (secondary N) is 1. The molecule has 11 heteroatoms. The van der Waals surface area contributed by atoms with Crippen molar-refractivity contribution in [3.8, 4) is 23.0 Å². The third-order valence-corrected chi connectivity index (χ3v) is 5.32. The van der Waals surface area contributed by atoms with E-state index >= 15 is 0 Å². The Morgan fingerprint density at radius 3 is 2.56 bits per heavy atom. The lowest BCUT2D eigenvalue weighted by atomic mass is 10.2. The lowest BCUT2D eigenvalue weighted by Crippen LogP contribution is -2.11. The summed E-state index contributed by atoms with van der Waals surface area (Å²) in [5.74, 6) is 1.34. The van der Waals surface area contributed by atoms with Gasteiger partial charge in [-0.05, 0) is 42.5 Å². The molecule has 1 aromatic heterocycles. The van der Waals surface area contributed by atoms with Crippen molar-refractivity contribution in [1.82, 2.24) is 0 Å². The van der Waals surface area contributed by atoms with Gasteiger partial charge in [-0.25, -0.2) is 0 Å². The van der Waals surface area contributed by atoms with E-state index in [1.54, 1.807) is 43.5 Å². The number of furan rings is 1. The van der Waals surface area contributed by atoms with Crippen molar-refractivity contribution in [2.45, 2.75) is 6.61 Å². The highest BCUT2D eigenvalue weighted by Gasteiger charge is 2.17. The molecule has 4 aromatic rings. The average molecular weight is 529 g/mol. The van der Waals surface area contributed by atoms with Crippen molar-refractivity contribution >= 4 is 40.5 Å². The second-order valence-corrected chi connectivity index (χ2v) is 8.18. The minimum Gasteiger partial charge on any atom is -0.497 e. The van der Waals surface area contributed by atoms with Crippen molar-refractivity contribution in [1.29, 1.82) is 0 Å². The molecular weight excluding hydrogens is 511 g/mol. The number of ether oxygens (including phenoxy) is 3. The fourth-order valence-electron chi connectivity index (χ4n) is 3.12. The molecule has 3 aromatic carbocycles. The summed E-state index contributed by atoms with van der Waals surface area (Å²) < 4.78 is 22.1. The first-order valence-corrected chi connectivity index (χ1v) is 11.2. The summed E-state index contributed by atoms with van der Waals surface area (Å²) in [7, 11) is 1.56. The van der Waals surface area contributed by atoms with Gasteiger partial charge in [-0.3, -0.25) is 14.9 Å². The summed E-state index contributed by atoms with van der Waals surface area (Å²) in [4.78, 5) is 23.5. The van der Waals surface area contributed by atoms with Crippen LogP contribution in [0.25, 0.3) is 0 Å². The lowest BCUT2D eigenvalue weighted by Gasteiger charge is -2.10. The van der Waals surface area contributed by atoms with Crippen molar-refractivity contribution in [3.63, 3.8) is 0 Å². The molecule has 0 aliphatic rings. The molecule has 4 rings (SSSR count). The Morgan fingerprint density at radius 1 is 1.00 bits per heavy atom. The Bertz CT molecular complexity index is 1420. The first kappa shape index (κ1) is 24.9. The van der Waals surface area contributed by atoms with Crippen LogP contribution in [-0.4, -0.2) is 17.9 Å².